The van der Waals surface area contributed by atoms with Crippen molar-refractivity contribution in [3.63, 3.8) is 0 Å². The molecule has 1 aliphatic heterocycles. The maximum atomic E-state index is 13.0. The first-order valence-electron chi connectivity index (χ1n) is 11.9. The van der Waals surface area contributed by atoms with E-state index in [4.69, 9.17) is 9.47 Å². The summed E-state index contributed by atoms with van der Waals surface area (Å²) in [5.74, 6) is -1.51. The molecule has 2 amide bonds. The van der Waals surface area contributed by atoms with Gasteiger partial charge in [0.2, 0.25) is 0 Å². The summed E-state index contributed by atoms with van der Waals surface area (Å²) in [7, 11) is 0. The fraction of sp³-hybridized carbons (Fsp3) is 0.444. The number of nitrogens with one attached hydrogen (secondary N) is 1. The Balaban J connectivity index is 1.79. The number of hydrogen-bond donors (Lipinski definition) is 3. The first kappa shape index (κ1) is 27.0. The van der Waals surface area contributed by atoms with Crippen molar-refractivity contribution in [3.8, 4) is 5.75 Å². The molecule has 2 aromatic carbocycles. The third kappa shape index (κ3) is 6.54. The van der Waals surface area contributed by atoms with Crippen molar-refractivity contribution in [1.82, 2.24) is 10.2 Å². The molecular formula is C27H34N2O7. The smallest absolute Gasteiger partial charge is 0.410 e. The topological polar surface area (TPSA) is 125 Å². The lowest BCUT2D eigenvalue weighted by Crippen LogP contribution is -2.54. The molecule has 0 saturated carbocycles. The van der Waals surface area contributed by atoms with Crippen molar-refractivity contribution >= 4 is 18.0 Å². The van der Waals surface area contributed by atoms with Gasteiger partial charge in [0, 0.05) is 13.1 Å². The van der Waals surface area contributed by atoms with E-state index < -0.39 is 35.7 Å². The number of aliphatic hydroxyl groups is 1. The molecule has 9 heteroatoms. The van der Waals surface area contributed by atoms with Crippen LogP contribution in [-0.2, 0) is 17.7 Å². The molecule has 0 aliphatic carbocycles. The number of fused-ring (bicyclic) bond motifs is 1. The number of carbonyl (C=O) groups excluding carboxylic acids is 2. The highest BCUT2D eigenvalue weighted by molar-refractivity contribution is 5.98. The van der Waals surface area contributed by atoms with Crippen LogP contribution in [0.4, 0.5) is 4.79 Å². The molecule has 1 aliphatic rings. The molecule has 194 valence electrons. The molecule has 0 bridgehead atoms. The van der Waals surface area contributed by atoms with Gasteiger partial charge in [-0.05, 0) is 70.4 Å². The predicted molar refractivity (Wildman–Crippen MR) is 133 cm³/mol. The summed E-state index contributed by atoms with van der Waals surface area (Å²) >= 11 is 0. The molecule has 0 unspecified atom stereocenters. The zero-order valence-electron chi connectivity index (χ0n) is 21.3. The Kier molecular flexibility index (Phi) is 8.24. The number of aliphatic hydroxyl groups excluding tert-OH is 1. The molecule has 2 atom stereocenters. The first-order valence-corrected chi connectivity index (χ1v) is 11.9. The Morgan fingerprint density at radius 2 is 1.86 bits per heavy atom. The standard InChI is InChI=1S/C27H34N2O7/c1-6-35-23-13-17(25(32)33)9-10-20(23)24(31)28-14-22(30)21-12-19-11-16(2)7-8-18(19)15-29(21)26(34)36-27(3,4)5/h7-11,13,21-22,30H,6,12,14-15H2,1-5H3,(H,28,31)(H,32,33)/t21-,22+/m0/s1. The predicted octanol–water partition coefficient (Wildman–Crippen LogP) is 3.54. The van der Waals surface area contributed by atoms with Gasteiger partial charge >= 0.3 is 12.1 Å². The fourth-order valence-electron chi connectivity index (χ4n) is 4.15. The van der Waals surface area contributed by atoms with Crippen LogP contribution in [0.3, 0.4) is 0 Å². The summed E-state index contributed by atoms with van der Waals surface area (Å²) in [4.78, 5) is 38.7. The second kappa shape index (κ2) is 11.0. The second-order valence-electron chi connectivity index (χ2n) is 9.88. The number of amides is 2. The monoisotopic (exact) mass is 498 g/mol. The van der Waals surface area contributed by atoms with Crippen LogP contribution in [0.5, 0.6) is 5.75 Å². The molecule has 2 aromatic rings. The van der Waals surface area contributed by atoms with E-state index in [1.165, 1.54) is 23.1 Å². The Morgan fingerprint density at radius 1 is 1.14 bits per heavy atom. The van der Waals surface area contributed by atoms with Gasteiger partial charge in [0.15, 0.2) is 0 Å². The van der Waals surface area contributed by atoms with Crippen LogP contribution >= 0.6 is 0 Å². The molecule has 3 N–H and O–H groups in total. The van der Waals surface area contributed by atoms with E-state index >= 15 is 0 Å². The van der Waals surface area contributed by atoms with Crippen molar-refractivity contribution in [2.24, 2.45) is 0 Å². The number of carboxylic acids is 1. The zero-order valence-corrected chi connectivity index (χ0v) is 21.3. The maximum Gasteiger partial charge on any atom is 0.410 e. The normalized spacial score (nSPS) is 16.1. The van der Waals surface area contributed by atoms with Crippen molar-refractivity contribution < 1.29 is 34.1 Å². The molecule has 9 nitrogen and oxygen atoms in total. The van der Waals surface area contributed by atoms with E-state index in [9.17, 15) is 24.6 Å². The lowest BCUT2D eigenvalue weighted by molar-refractivity contribution is -0.0113. The van der Waals surface area contributed by atoms with E-state index in [2.05, 4.69) is 5.32 Å². The molecule has 0 spiro atoms. The van der Waals surface area contributed by atoms with Crippen LogP contribution in [-0.4, -0.2) is 64.0 Å². The van der Waals surface area contributed by atoms with E-state index in [0.717, 1.165) is 16.7 Å². The Labute approximate surface area is 211 Å². The van der Waals surface area contributed by atoms with Gasteiger partial charge in [0.05, 0.1) is 29.9 Å². The van der Waals surface area contributed by atoms with E-state index in [-0.39, 0.29) is 36.6 Å². The third-order valence-electron chi connectivity index (χ3n) is 5.85. The van der Waals surface area contributed by atoms with Gasteiger partial charge in [-0.15, -0.1) is 0 Å². The average Bonchev–Trinajstić information content (AvgIpc) is 2.80. The number of nitrogens with zero attached hydrogens (tertiary/aromatic N) is 1. The van der Waals surface area contributed by atoms with Crippen LogP contribution in [0.15, 0.2) is 36.4 Å². The van der Waals surface area contributed by atoms with E-state index in [1.54, 1.807) is 27.7 Å². The van der Waals surface area contributed by atoms with Gasteiger partial charge in [0.25, 0.3) is 5.91 Å². The summed E-state index contributed by atoms with van der Waals surface area (Å²) in [6, 6.07) is 9.37. The van der Waals surface area contributed by atoms with Gasteiger partial charge in [-0.1, -0.05) is 23.8 Å². The number of aryl methyl sites for hydroxylation is 1. The molecular weight excluding hydrogens is 464 g/mol. The molecule has 0 saturated heterocycles. The average molecular weight is 499 g/mol. The molecule has 36 heavy (non-hydrogen) atoms. The number of hydrogen-bond acceptors (Lipinski definition) is 6. The maximum absolute atomic E-state index is 13.0. The van der Waals surface area contributed by atoms with Crippen LogP contribution in [0.25, 0.3) is 0 Å². The summed E-state index contributed by atoms with van der Waals surface area (Å²) in [6.45, 7) is 9.46. The largest absolute Gasteiger partial charge is 0.493 e. The van der Waals surface area contributed by atoms with Crippen molar-refractivity contribution in [1.29, 1.82) is 0 Å². The van der Waals surface area contributed by atoms with Crippen molar-refractivity contribution in [3.05, 3.63) is 64.2 Å². The third-order valence-corrected chi connectivity index (χ3v) is 5.85. The SMILES string of the molecule is CCOc1cc(C(=O)O)ccc1C(=O)NC[C@@H](O)[C@@H]1Cc2cc(C)ccc2CN1C(=O)OC(C)(C)C. The minimum absolute atomic E-state index is 0.000739. The number of rotatable bonds is 7. The van der Waals surface area contributed by atoms with Gasteiger partial charge in [0.1, 0.15) is 11.4 Å². The second-order valence-corrected chi connectivity index (χ2v) is 9.88. The summed E-state index contributed by atoms with van der Waals surface area (Å²) in [5.41, 5.74) is 2.55. The van der Waals surface area contributed by atoms with E-state index in [1.807, 2.05) is 25.1 Å². The Morgan fingerprint density at radius 3 is 2.50 bits per heavy atom. The number of carboxylic acid groups (broad SMARTS) is 1. The number of carbonyl (C=O) groups is 3. The van der Waals surface area contributed by atoms with Gasteiger partial charge in [-0.2, -0.15) is 0 Å². The van der Waals surface area contributed by atoms with Gasteiger partial charge in [-0.25, -0.2) is 9.59 Å². The number of ether oxygens (including phenoxy) is 2. The molecule has 3 rings (SSSR count). The summed E-state index contributed by atoms with van der Waals surface area (Å²) in [6.07, 6.45) is -1.21. The van der Waals surface area contributed by atoms with Crippen LogP contribution in [0.2, 0.25) is 0 Å². The number of aromatic carboxylic acids is 1. The number of benzene rings is 2. The lowest BCUT2D eigenvalue weighted by atomic mass is 9.90. The molecule has 0 radical (unpaired) electrons. The highest BCUT2D eigenvalue weighted by atomic mass is 16.6. The molecule has 0 aromatic heterocycles. The van der Waals surface area contributed by atoms with Gasteiger partial charge < -0.3 is 25.0 Å². The minimum Gasteiger partial charge on any atom is -0.493 e. The Bertz CT molecular complexity index is 1140. The lowest BCUT2D eigenvalue weighted by Gasteiger charge is -2.40. The summed E-state index contributed by atoms with van der Waals surface area (Å²) in [5, 5.41) is 23.0. The molecule has 0 fully saturated rings. The van der Waals surface area contributed by atoms with Crippen molar-refractivity contribution in [2.45, 2.75) is 65.3 Å². The fourth-order valence-corrected chi connectivity index (χ4v) is 4.15. The minimum atomic E-state index is -1.13. The highest BCUT2D eigenvalue weighted by Crippen LogP contribution is 2.28. The quantitative estimate of drug-likeness (QED) is 0.533. The van der Waals surface area contributed by atoms with Crippen molar-refractivity contribution in [2.75, 3.05) is 13.2 Å². The highest BCUT2D eigenvalue weighted by Gasteiger charge is 2.37. The van der Waals surface area contributed by atoms with Crippen LogP contribution in [0.1, 0.15) is 65.1 Å². The first-order chi connectivity index (χ1) is 16.9. The Hall–Kier alpha value is -3.59. The van der Waals surface area contributed by atoms with Gasteiger partial charge in [-0.3, -0.25) is 9.69 Å². The zero-order chi connectivity index (χ0) is 26.6. The molecule has 1 heterocycles. The summed E-state index contributed by atoms with van der Waals surface area (Å²) < 4.78 is 11.0. The van der Waals surface area contributed by atoms with E-state index in [0.29, 0.717) is 6.42 Å². The van der Waals surface area contributed by atoms with Crippen LogP contribution in [0, 0.1) is 6.92 Å². The van der Waals surface area contributed by atoms with Crippen LogP contribution < -0.4 is 10.1 Å².